The Morgan fingerprint density at radius 2 is 1.47 bits per heavy atom. The second kappa shape index (κ2) is 9.86. The molecule has 2 aromatic carbocycles. The van der Waals surface area contributed by atoms with Crippen molar-refractivity contribution in [2.24, 2.45) is 0 Å². The van der Waals surface area contributed by atoms with E-state index in [0.717, 1.165) is 18.2 Å². The first-order chi connectivity index (χ1) is 15.0. The third-order valence-corrected chi connectivity index (χ3v) is 3.71. The summed E-state index contributed by atoms with van der Waals surface area (Å²) in [5.74, 6) is -12.7. The van der Waals surface area contributed by atoms with Gasteiger partial charge in [-0.1, -0.05) is 30.3 Å². The molecule has 1 unspecified atom stereocenters. The first-order valence-electron chi connectivity index (χ1n) is 8.47. The number of ether oxygens (including phenoxy) is 2. The van der Waals surface area contributed by atoms with Gasteiger partial charge in [-0.3, -0.25) is 4.79 Å². The number of rotatable bonds is 8. The van der Waals surface area contributed by atoms with Crippen molar-refractivity contribution in [3.63, 3.8) is 0 Å². The van der Waals surface area contributed by atoms with Gasteiger partial charge in [0.25, 0.3) is 11.5 Å². The maximum Gasteiger partial charge on any atom is 0.383 e. The number of aliphatic hydroxyl groups excluding tert-OH is 1. The molecule has 166 valence electrons. The zero-order chi connectivity index (χ0) is 24.0. The molecular weight excluding hydrogens is 432 g/mol. The number of phenols is 2. The molecule has 0 amide bonds. The summed E-state index contributed by atoms with van der Waals surface area (Å²) in [6, 6.07) is 9.41. The van der Waals surface area contributed by atoms with E-state index in [4.69, 9.17) is 9.84 Å². The standard InChI is InChI=1S/C20H14O12/c21-10-6-7-11(12(22)8-10)19(29)32-16(18(27)28)15(9-4-2-1-3-5-9)31-20(30)14(24)13(23)17(25)26/h1-8,13,21-23H,(H,25,26)(H,27,28). The molecule has 0 aliphatic rings. The molecule has 12 nitrogen and oxygen atoms in total. The molecule has 0 aliphatic carbocycles. The van der Waals surface area contributed by atoms with E-state index in [1.54, 1.807) is 0 Å². The number of carboxylic acid groups (broad SMARTS) is 2. The summed E-state index contributed by atoms with van der Waals surface area (Å²) in [5, 5.41) is 46.4. The molecule has 2 rings (SSSR count). The number of Topliss-reactive ketones (excluding diaryl/α,β-unsaturated/α-hetero) is 1. The number of phenolic OH excluding ortho intramolecular Hbond substituents is 2. The van der Waals surface area contributed by atoms with Gasteiger partial charge in [-0.05, 0) is 12.1 Å². The third-order valence-electron chi connectivity index (χ3n) is 3.71. The molecule has 0 fully saturated rings. The molecule has 5 N–H and O–H groups in total. The zero-order valence-corrected chi connectivity index (χ0v) is 15.8. The van der Waals surface area contributed by atoms with Crippen molar-refractivity contribution in [1.29, 1.82) is 0 Å². The Hall–Kier alpha value is -4.71. The fraction of sp³-hybridized carbons (Fsp3) is 0.0500. The molecule has 0 saturated heterocycles. The lowest BCUT2D eigenvalue weighted by Crippen LogP contribution is -2.36. The van der Waals surface area contributed by atoms with Gasteiger partial charge >= 0.3 is 23.9 Å². The predicted molar refractivity (Wildman–Crippen MR) is 101 cm³/mol. The fourth-order valence-corrected chi connectivity index (χ4v) is 2.22. The van der Waals surface area contributed by atoms with E-state index in [1.807, 2.05) is 0 Å². The fourth-order valence-electron chi connectivity index (χ4n) is 2.22. The molecular formula is C20H14O12. The van der Waals surface area contributed by atoms with Gasteiger partial charge in [-0.25, -0.2) is 19.2 Å². The van der Waals surface area contributed by atoms with Crippen molar-refractivity contribution >= 4 is 35.4 Å². The monoisotopic (exact) mass is 446 g/mol. The number of carboxylic acids is 2. The average molecular weight is 446 g/mol. The van der Waals surface area contributed by atoms with Crippen LogP contribution in [0.2, 0.25) is 0 Å². The van der Waals surface area contributed by atoms with Crippen LogP contribution in [0.3, 0.4) is 0 Å². The molecule has 0 radical (unpaired) electrons. The van der Waals surface area contributed by atoms with Gasteiger partial charge in [0, 0.05) is 11.6 Å². The summed E-state index contributed by atoms with van der Waals surface area (Å²) >= 11 is 0. The Kier molecular flexibility index (Phi) is 7.26. The van der Waals surface area contributed by atoms with Crippen LogP contribution >= 0.6 is 0 Å². The van der Waals surface area contributed by atoms with Crippen molar-refractivity contribution in [3.8, 4) is 11.5 Å². The van der Waals surface area contributed by atoms with E-state index in [1.165, 1.54) is 30.3 Å². The number of hydrogen-bond donors (Lipinski definition) is 5. The van der Waals surface area contributed by atoms with Crippen LogP contribution < -0.4 is 0 Å². The minimum Gasteiger partial charge on any atom is -0.508 e. The molecule has 1 atom stereocenters. The number of benzene rings is 2. The molecule has 0 heterocycles. The maximum atomic E-state index is 12.4. The molecule has 0 bridgehead atoms. The normalized spacial score (nSPS) is 12.2. The van der Waals surface area contributed by atoms with E-state index >= 15 is 0 Å². The number of carbonyl (C=O) groups is 5. The Morgan fingerprint density at radius 1 is 0.844 bits per heavy atom. The van der Waals surface area contributed by atoms with Crippen molar-refractivity contribution < 1.29 is 59.0 Å². The largest absolute Gasteiger partial charge is 0.508 e. The van der Waals surface area contributed by atoms with E-state index in [2.05, 4.69) is 4.74 Å². The number of aliphatic hydroxyl groups is 1. The van der Waals surface area contributed by atoms with Crippen molar-refractivity contribution in [2.45, 2.75) is 6.10 Å². The second-order valence-corrected chi connectivity index (χ2v) is 5.91. The van der Waals surface area contributed by atoms with Crippen LogP contribution in [0, 0.1) is 0 Å². The quantitative estimate of drug-likeness (QED) is 0.122. The predicted octanol–water partition coefficient (Wildman–Crippen LogP) is 0.266. The second-order valence-electron chi connectivity index (χ2n) is 5.91. The third kappa shape index (κ3) is 5.46. The SMILES string of the molecule is O=C(O)C(OC(=O)c1ccc(O)cc1O)=C(OC(=O)C(=O)C(O)C(=O)O)c1ccccc1. The summed E-state index contributed by atoms with van der Waals surface area (Å²) in [5.41, 5.74) is -0.726. The van der Waals surface area contributed by atoms with Gasteiger partial charge in [-0.2, -0.15) is 0 Å². The lowest BCUT2D eigenvalue weighted by molar-refractivity contribution is -0.161. The lowest BCUT2D eigenvalue weighted by atomic mass is 10.1. The van der Waals surface area contributed by atoms with Crippen LogP contribution in [0.1, 0.15) is 15.9 Å². The highest BCUT2D eigenvalue weighted by atomic mass is 16.6. The molecule has 2 aromatic rings. The number of ketones is 1. The molecule has 0 spiro atoms. The van der Waals surface area contributed by atoms with Gasteiger partial charge in [0.2, 0.25) is 6.10 Å². The molecule has 0 saturated carbocycles. The maximum absolute atomic E-state index is 12.4. The number of hydrogen-bond acceptors (Lipinski definition) is 10. The van der Waals surface area contributed by atoms with Crippen molar-refractivity contribution in [1.82, 2.24) is 0 Å². The van der Waals surface area contributed by atoms with Crippen LogP contribution in [-0.2, 0) is 28.7 Å². The van der Waals surface area contributed by atoms with Gasteiger partial charge in [0.05, 0.1) is 0 Å². The number of esters is 2. The Bertz CT molecular complexity index is 1120. The average Bonchev–Trinajstić information content (AvgIpc) is 2.75. The molecule has 0 aromatic heterocycles. The minimum absolute atomic E-state index is 0.168. The van der Waals surface area contributed by atoms with Crippen LogP contribution in [0.5, 0.6) is 11.5 Å². The van der Waals surface area contributed by atoms with E-state index in [9.17, 15) is 44.4 Å². The van der Waals surface area contributed by atoms with Gasteiger partial charge in [-0.15, -0.1) is 0 Å². The van der Waals surface area contributed by atoms with Gasteiger partial charge in [0.1, 0.15) is 17.1 Å². The Morgan fingerprint density at radius 3 is 2.00 bits per heavy atom. The zero-order valence-electron chi connectivity index (χ0n) is 15.8. The summed E-state index contributed by atoms with van der Waals surface area (Å²) in [4.78, 5) is 58.6. The molecule has 12 heteroatoms. The van der Waals surface area contributed by atoms with Crippen molar-refractivity contribution in [2.75, 3.05) is 0 Å². The van der Waals surface area contributed by atoms with Crippen LogP contribution in [0.25, 0.3) is 5.76 Å². The highest BCUT2D eigenvalue weighted by Gasteiger charge is 2.34. The van der Waals surface area contributed by atoms with Gasteiger partial charge in [0.15, 0.2) is 5.76 Å². The smallest absolute Gasteiger partial charge is 0.383 e. The summed E-state index contributed by atoms with van der Waals surface area (Å²) < 4.78 is 9.44. The van der Waals surface area contributed by atoms with E-state index in [-0.39, 0.29) is 5.56 Å². The van der Waals surface area contributed by atoms with Crippen molar-refractivity contribution in [3.05, 3.63) is 65.4 Å². The summed E-state index contributed by atoms with van der Waals surface area (Å²) in [6.07, 6.45) is -2.77. The topological polar surface area (TPSA) is 205 Å². The lowest BCUT2D eigenvalue weighted by Gasteiger charge is -2.14. The van der Waals surface area contributed by atoms with Crippen LogP contribution in [0.15, 0.2) is 54.3 Å². The molecule has 32 heavy (non-hydrogen) atoms. The van der Waals surface area contributed by atoms with E-state index < -0.39 is 64.3 Å². The number of aromatic hydroxyl groups is 2. The van der Waals surface area contributed by atoms with E-state index in [0.29, 0.717) is 0 Å². The highest BCUT2D eigenvalue weighted by molar-refractivity contribution is 6.39. The highest BCUT2D eigenvalue weighted by Crippen LogP contribution is 2.27. The summed E-state index contributed by atoms with van der Waals surface area (Å²) in [6.45, 7) is 0. The number of carbonyl (C=O) groups excluding carboxylic acids is 3. The van der Waals surface area contributed by atoms with Crippen LogP contribution in [-0.4, -0.2) is 61.3 Å². The van der Waals surface area contributed by atoms with Crippen LogP contribution in [0.4, 0.5) is 0 Å². The Labute approximate surface area is 178 Å². The summed E-state index contributed by atoms with van der Waals surface area (Å²) in [7, 11) is 0. The Balaban J connectivity index is 2.53. The molecule has 0 aliphatic heterocycles. The first kappa shape index (κ1) is 23.6. The first-order valence-corrected chi connectivity index (χ1v) is 8.47. The van der Waals surface area contributed by atoms with Gasteiger partial charge < -0.3 is 35.0 Å². The minimum atomic E-state index is -2.77. The number of aliphatic carboxylic acids is 2.